The van der Waals surface area contributed by atoms with Crippen LogP contribution in [0.2, 0.25) is 0 Å². The van der Waals surface area contributed by atoms with Gasteiger partial charge in [0.15, 0.2) is 0 Å². The lowest BCUT2D eigenvalue weighted by molar-refractivity contribution is 0.00452. The van der Waals surface area contributed by atoms with Gasteiger partial charge < -0.3 is 19.9 Å². The summed E-state index contributed by atoms with van der Waals surface area (Å²) >= 11 is 0. The molecule has 1 atom stereocenters. The Hall–Kier alpha value is -0.160. The van der Waals surface area contributed by atoms with Gasteiger partial charge in [0.1, 0.15) is 0 Å². The van der Waals surface area contributed by atoms with Crippen molar-refractivity contribution in [2.24, 2.45) is 0 Å². The minimum Gasteiger partial charge on any atom is -0.389 e. The van der Waals surface area contributed by atoms with Crippen LogP contribution in [0.4, 0.5) is 0 Å². The monoisotopic (exact) mass is 219 g/mol. The fourth-order valence-electron chi connectivity index (χ4n) is 1.09. The van der Waals surface area contributed by atoms with E-state index in [1.165, 1.54) is 0 Å². The fraction of sp³-hybridized carbons (Fsp3) is 1.00. The first kappa shape index (κ1) is 14.8. The summed E-state index contributed by atoms with van der Waals surface area (Å²) < 4.78 is 10.5. The molecule has 0 aliphatic rings. The molecule has 4 nitrogen and oxygen atoms in total. The van der Waals surface area contributed by atoms with Crippen molar-refractivity contribution in [1.29, 1.82) is 0 Å². The number of nitrogens with one attached hydrogen (secondary N) is 1. The van der Waals surface area contributed by atoms with Crippen LogP contribution in [0, 0.1) is 0 Å². The molecule has 0 aromatic rings. The molecular formula is C11H25NO3. The molecule has 0 radical (unpaired) electrons. The topological polar surface area (TPSA) is 50.7 Å². The summed E-state index contributed by atoms with van der Waals surface area (Å²) in [5.41, 5.74) is 0. The largest absolute Gasteiger partial charge is 0.389 e. The van der Waals surface area contributed by atoms with Crippen LogP contribution in [0.5, 0.6) is 0 Å². The van der Waals surface area contributed by atoms with Crippen molar-refractivity contribution in [2.45, 2.75) is 32.8 Å². The lowest BCUT2D eigenvalue weighted by Crippen LogP contribution is -2.31. The lowest BCUT2D eigenvalue weighted by Gasteiger charge is -2.11. The van der Waals surface area contributed by atoms with Gasteiger partial charge in [0.2, 0.25) is 0 Å². The molecule has 0 aliphatic heterocycles. The zero-order chi connectivity index (χ0) is 11.4. The van der Waals surface area contributed by atoms with Crippen molar-refractivity contribution in [2.75, 3.05) is 39.5 Å². The highest BCUT2D eigenvalue weighted by Gasteiger charge is 2.02. The first-order valence-electron chi connectivity index (χ1n) is 5.85. The van der Waals surface area contributed by atoms with Gasteiger partial charge in [0.05, 0.1) is 25.9 Å². The first-order chi connectivity index (χ1) is 7.31. The van der Waals surface area contributed by atoms with Gasteiger partial charge in [-0.1, -0.05) is 13.8 Å². The van der Waals surface area contributed by atoms with Gasteiger partial charge in [0.25, 0.3) is 0 Å². The van der Waals surface area contributed by atoms with Crippen LogP contribution in [-0.4, -0.2) is 50.7 Å². The van der Waals surface area contributed by atoms with E-state index in [9.17, 15) is 5.11 Å². The lowest BCUT2D eigenvalue weighted by atomic mass is 10.3. The van der Waals surface area contributed by atoms with Crippen LogP contribution in [0.25, 0.3) is 0 Å². The Kier molecular flexibility index (Phi) is 11.8. The van der Waals surface area contributed by atoms with Crippen molar-refractivity contribution in [1.82, 2.24) is 5.32 Å². The summed E-state index contributed by atoms with van der Waals surface area (Å²) in [6.07, 6.45) is 1.70. The van der Waals surface area contributed by atoms with Gasteiger partial charge in [-0.2, -0.15) is 0 Å². The average Bonchev–Trinajstić information content (AvgIpc) is 2.23. The summed E-state index contributed by atoms with van der Waals surface area (Å²) in [5, 5.41) is 12.6. The number of hydrogen-bond donors (Lipinski definition) is 2. The fourth-order valence-corrected chi connectivity index (χ4v) is 1.09. The zero-order valence-electron chi connectivity index (χ0n) is 10.00. The molecule has 0 fully saturated rings. The van der Waals surface area contributed by atoms with E-state index >= 15 is 0 Å². The Morgan fingerprint density at radius 3 is 2.47 bits per heavy atom. The van der Waals surface area contributed by atoms with Crippen LogP contribution in [0.3, 0.4) is 0 Å². The van der Waals surface area contributed by atoms with Gasteiger partial charge in [-0.3, -0.25) is 0 Å². The molecule has 0 aromatic carbocycles. The van der Waals surface area contributed by atoms with E-state index in [0.29, 0.717) is 26.4 Å². The maximum Gasteiger partial charge on any atom is 0.0897 e. The quantitative estimate of drug-likeness (QED) is 0.504. The van der Waals surface area contributed by atoms with Crippen LogP contribution in [-0.2, 0) is 9.47 Å². The molecule has 0 aromatic heterocycles. The maximum atomic E-state index is 9.45. The normalized spacial score (nSPS) is 13.0. The molecular weight excluding hydrogens is 194 g/mol. The Morgan fingerprint density at radius 1 is 1.07 bits per heavy atom. The molecule has 1 unspecified atom stereocenters. The molecule has 0 amide bonds. The van der Waals surface area contributed by atoms with E-state index in [0.717, 1.165) is 26.0 Å². The molecule has 0 heterocycles. The predicted octanol–water partition coefficient (Wildman–Crippen LogP) is 0.790. The highest BCUT2D eigenvalue weighted by atomic mass is 16.5. The molecule has 0 saturated heterocycles. The maximum absolute atomic E-state index is 9.45. The molecule has 0 aliphatic carbocycles. The number of rotatable bonds is 11. The molecule has 0 bridgehead atoms. The summed E-state index contributed by atoms with van der Waals surface area (Å²) in [7, 11) is 0. The van der Waals surface area contributed by atoms with E-state index in [-0.39, 0.29) is 0 Å². The highest BCUT2D eigenvalue weighted by Crippen LogP contribution is 1.86. The number of aliphatic hydroxyl groups excluding tert-OH is 1. The highest BCUT2D eigenvalue weighted by molar-refractivity contribution is 4.57. The second kappa shape index (κ2) is 11.9. The van der Waals surface area contributed by atoms with Crippen LogP contribution >= 0.6 is 0 Å². The van der Waals surface area contributed by atoms with Gasteiger partial charge in [-0.05, 0) is 19.4 Å². The average molecular weight is 219 g/mol. The van der Waals surface area contributed by atoms with Gasteiger partial charge >= 0.3 is 0 Å². The summed E-state index contributed by atoms with van der Waals surface area (Å²) in [6, 6.07) is 0. The third-order valence-corrected chi connectivity index (χ3v) is 1.84. The first-order valence-corrected chi connectivity index (χ1v) is 5.85. The molecule has 0 saturated carbocycles. The minimum absolute atomic E-state index is 0.381. The van der Waals surface area contributed by atoms with Gasteiger partial charge in [-0.15, -0.1) is 0 Å². The van der Waals surface area contributed by atoms with Gasteiger partial charge in [-0.25, -0.2) is 0 Å². The summed E-state index contributed by atoms with van der Waals surface area (Å²) in [4.78, 5) is 0. The zero-order valence-corrected chi connectivity index (χ0v) is 10.00. The van der Waals surface area contributed by atoms with Crippen molar-refractivity contribution in [3.8, 4) is 0 Å². The van der Waals surface area contributed by atoms with Crippen molar-refractivity contribution in [3.63, 3.8) is 0 Å². The van der Waals surface area contributed by atoms with E-state index in [2.05, 4.69) is 19.2 Å². The minimum atomic E-state index is -0.414. The molecule has 2 N–H and O–H groups in total. The van der Waals surface area contributed by atoms with E-state index in [4.69, 9.17) is 9.47 Å². The SMILES string of the molecule is CCCNCC(O)COCCOCCC. The van der Waals surface area contributed by atoms with Crippen LogP contribution in [0.1, 0.15) is 26.7 Å². The predicted molar refractivity (Wildman–Crippen MR) is 61.1 cm³/mol. The van der Waals surface area contributed by atoms with Crippen molar-refractivity contribution < 1.29 is 14.6 Å². The molecule has 0 spiro atoms. The van der Waals surface area contributed by atoms with Crippen LogP contribution in [0.15, 0.2) is 0 Å². The Bertz CT molecular complexity index is 122. The number of ether oxygens (including phenoxy) is 2. The second-order valence-electron chi connectivity index (χ2n) is 3.55. The smallest absolute Gasteiger partial charge is 0.0897 e. The van der Waals surface area contributed by atoms with Crippen LogP contribution < -0.4 is 5.32 Å². The molecule has 0 rings (SSSR count). The second-order valence-corrected chi connectivity index (χ2v) is 3.55. The Balaban J connectivity index is 3.06. The van der Waals surface area contributed by atoms with E-state index < -0.39 is 6.10 Å². The van der Waals surface area contributed by atoms with E-state index in [1.807, 2.05) is 0 Å². The molecule has 92 valence electrons. The third kappa shape index (κ3) is 11.8. The van der Waals surface area contributed by atoms with E-state index in [1.54, 1.807) is 0 Å². The summed E-state index contributed by atoms with van der Waals surface area (Å²) in [5.74, 6) is 0. The van der Waals surface area contributed by atoms with Crippen molar-refractivity contribution in [3.05, 3.63) is 0 Å². The standard InChI is InChI=1S/C11H25NO3/c1-3-5-12-9-11(13)10-15-8-7-14-6-4-2/h11-13H,3-10H2,1-2H3. The Labute approximate surface area is 93.0 Å². The third-order valence-electron chi connectivity index (χ3n) is 1.84. The number of hydrogen-bond acceptors (Lipinski definition) is 4. The molecule has 4 heteroatoms. The molecule has 15 heavy (non-hydrogen) atoms. The van der Waals surface area contributed by atoms with Crippen molar-refractivity contribution >= 4 is 0 Å². The summed E-state index contributed by atoms with van der Waals surface area (Å²) in [6.45, 7) is 8.05. The van der Waals surface area contributed by atoms with Gasteiger partial charge in [0, 0.05) is 13.2 Å². The Morgan fingerprint density at radius 2 is 1.80 bits per heavy atom. The number of aliphatic hydroxyl groups is 1.